The monoisotopic (exact) mass is 269 g/mol. The van der Waals surface area contributed by atoms with Crippen LogP contribution in [-0.4, -0.2) is 19.3 Å². The molecule has 1 aliphatic heterocycles. The van der Waals surface area contributed by atoms with Crippen molar-refractivity contribution in [2.75, 3.05) is 13.2 Å². The van der Waals surface area contributed by atoms with Crippen LogP contribution in [0.25, 0.3) is 0 Å². The van der Waals surface area contributed by atoms with Crippen molar-refractivity contribution in [3.8, 4) is 0 Å². The third-order valence-corrected chi connectivity index (χ3v) is 3.51. The summed E-state index contributed by atoms with van der Waals surface area (Å²) in [6, 6.07) is 9.22. The van der Waals surface area contributed by atoms with Gasteiger partial charge in [-0.3, -0.25) is 0 Å². The van der Waals surface area contributed by atoms with Crippen LogP contribution >= 0.6 is 15.9 Å². The number of ether oxygens (including phenoxy) is 1. The van der Waals surface area contributed by atoms with E-state index in [4.69, 9.17) is 4.74 Å². The van der Waals surface area contributed by atoms with E-state index >= 15 is 0 Å². The molecule has 1 heterocycles. The van der Waals surface area contributed by atoms with Gasteiger partial charge in [0.05, 0.1) is 6.61 Å². The average Bonchev–Trinajstić information content (AvgIpc) is 2.71. The molecule has 82 valence electrons. The van der Waals surface area contributed by atoms with Crippen LogP contribution in [0.5, 0.6) is 0 Å². The van der Waals surface area contributed by atoms with Gasteiger partial charge in [0.1, 0.15) is 0 Å². The van der Waals surface area contributed by atoms with Crippen LogP contribution in [0, 0.1) is 0 Å². The van der Waals surface area contributed by atoms with Crippen LogP contribution in [0.2, 0.25) is 0 Å². The van der Waals surface area contributed by atoms with Gasteiger partial charge in [0.2, 0.25) is 0 Å². The summed E-state index contributed by atoms with van der Waals surface area (Å²) in [6.07, 6.45) is 1.12. The summed E-state index contributed by atoms with van der Waals surface area (Å²) in [5, 5.41) is 3.58. The van der Waals surface area contributed by atoms with E-state index in [0.717, 1.165) is 19.6 Å². The van der Waals surface area contributed by atoms with Gasteiger partial charge >= 0.3 is 0 Å². The molecule has 3 heteroatoms. The number of halogens is 1. The Morgan fingerprint density at radius 3 is 2.93 bits per heavy atom. The maximum absolute atomic E-state index is 5.35. The van der Waals surface area contributed by atoms with E-state index in [-0.39, 0.29) is 0 Å². The Morgan fingerprint density at radius 2 is 2.27 bits per heavy atom. The second-order valence-corrected chi connectivity index (χ2v) is 4.82. The van der Waals surface area contributed by atoms with Gasteiger partial charge in [0.25, 0.3) is 0 Å². The van der Waals surface area contributed by atoms with E-state index in [1.54, 1.807) is 0 Å². The molecule has 1 aliphatic rings. The maximum Gasteiger partial charge on any atom is 0.0620 e. The van der Waals surface area contributed by atoms with Crippen molar-refractivity contribution in [1.29, 1.82) is 0 Å². The van der Waals surface area contributed by atoms with Crippen molar-refractivity contribution >= 4 is 15.9 Å². The third-order valence-electron chi connectivity index (χ3n) is 2.79. The number of hydrogen-bond acceptors (Lipinski definition) is 2. The quantitative estimate of drug-likeness (QED) is 0.911. The fraction of sp³-hybridized carbons (Fsp3) is 0.500. The van der Waals surface area contributed by atoms with Gasteiger partial charge < -0.3 is 10.1 Å². The summed E-state index contributed by atoms with van der Waals surface area (Å²) in [7, 11) is 0. The Hall–Kier alpha value is -0.380. The summed E-state index contributed by atoms with van der Waals surface area (Å²) in [4.78, 5) is 0. The third kappa shape index (κ3) is 2.80. The molecular formula is C12H16BrNO. The minimum absolute atomic E-state index is 0.368. The normalized spacial score (nSPS) is 22.9. The molecule has 0 saturated carbocycles. The van der Waals surface area contributed by atoms with Crippen LogP contribution in [0.15, 0.2) is 28.7 Å². The highest BCUT2D eigenvalue weighted by Crippen LogP contribution is 2.23. The molecule has 1 aromatic rings. The van der Waals surface area contributed by atoms with Crippen LogP contribution < -0.4 is 5.32 Å². The lowest BCUT2D eigenvalue weighted by Crippen LogP contribution is -2.31. The lowest BCUT2D eigenvalue weighted by molar-refractivity contribution is 0.188. The first kappa shape index (κ1) is 11.1. The summed E-state index contributed by atoms with van der Waals surface area (Å²) < 4.78 is 6.52. The Kier molecular flexibility index (Phi) is 3.78. The number of nitrogens with one attached hydrogen (secondary N) is 1. The highest BCUT2D eigenvalue weighted by Gasteiger charge is 2.18. The zero-order valence-electron chi connectivity index (χ0n) is 8.87. The Balaban J connectivity index is 2.00. The van der Waals surface area contributed by atoms with Gasteiger partial charge in [-0.2, -0.15) is 0 Å². The molecule has 0 aliphatic carbocycles. The topological polar surface area (TPSA) is 21.3 Å². The fourth-order valence-corrected chi connectivity index (χ4v) is 2.56. The molecule has 2 atom stereocenters. The van der Waals surface area contributed by atoms with Crippen LogP contribution in [0.4, 0.5) is 0 Å². The molecule has 0 spiro atoms. The predicted octanol–water partition coefficient (Wildman–Crippen LogP) is 2.89. The maximum atomic E-state index is 5.35. The first-order valence-corrected chi connectivity index (χ1v) is 6.15. The van der Waals surface area contributed by atoms with Gasteiger partial charge in [-0.05, 0) is 25.0 Å². The lowest BCUT2D eigenvalue weighted by Gasteiger charge is -2.19. The van der Waals surface area contributed by atoms with E-state index in [1.165, 1.54) is 10.0 Å². The first-order chi connectivity index (χ1) is 7.27. The smallest absolute Gasteiger partial charge is 0.0620 e. The molecule has 2 rings (SSSR count). The van der Waals surface area contributed by atoms with E-state index in [0.29, 0.717) is 12.1 Å². The summed E-state index contributed by atoms with van der Waals surface area (Å²) >= 11 is 3.58. The van der Waals surface area contributed by atoms with Gasteiger partial charge in [-0.25, -0.2) is 0 Å². The second kappa shape index (κ2) is 5.10. The van der Waals surface area contributed by atoms with Crippen molar-refractivity contribution in [2.45, 2.75) is 25.4 Å². The van der Waals surface area contributed by atoms with Gasteiger partial charge in [-0.15, -0.1) is 0 Å². The lowest BCUT2D eigenvalue weighted by atomic mass is 10.1. The highest BCUT2D eigenvalue weighted by atomic mass is 79.9. The molecule has 0 aromatic heterocycles. The van der Waals surface area contributed by atoms with E-state index in [9.17, 15) is 0 Å². The number of hydrogen-bond donors (Lipinski definition) is 1. The molecular weight excluding hydrogens is 254 g/mol. The minimum atomic E-state index is 0.368. The zero-order chi connectivity index (χ0) is 10.7. The number of benzene rings is 1. The van der Waals surface area contributed by atoms with E-state index < -0.39 is 0 Å². The Morgan fingerprint density at radius 1 is 1.47 bits per heavy atom. The van der Waals surface area contributed by atoms with Crippen molar-refractivity contribution in [3.05, 3.63) is 34.3 Å². The van der Waals surface area contributed by atoms with E-state index in [1.807, 2.05) is 6.07 Å². The number of rotatable bonds is 3. The van der Waals surface area contributed by atoms with Crippen molar-refractivity contribution in [1.82, 2.24) is 5.32 Å². The Bertz CT molecular complexity index is 323. The fourth-order valence-electron chi connectivity index (χ4n) is 1.94. The average molecular weight is 270 g/mol. The summed E-state index contributed by atoms with van der Waals surface area (Å²) in [5.74, 6) is 0. The molecule has 0 bridgehead atoms. The van der Waals surface area contributed by atoms with Gasteiger partial charge in [0, 0.05) is 23.2 Å². The molecule has 1 fully saturated rings. The minimum Gasteiger partial charge on any atom is -0.380 e. The molecule has 0 amide bonds. The summed E-state index contributed by atoms with van der Waals surface area (Å²) in [6.45, 7) is 3.92. The SMILES string of the molecule is C[C@@H](NC1CCOC1)c1ccccc1Br. The Labute approximate surface area is 99.1 Å². The van der Waals surface area contributed by atoms with Crippen molar-refractivity contribution < 1.29 is 4.74 Å². The molecule has 1 saturated heterocycles. The van der Waals surface area contributed by atoms with Gasteiger partial charge in [0.15, 0.2) is 0 Å². The van der Waals surface area contributed by atoms with Crippen molar-refractivity contribution in [2.24, 2.45) is 0 Å². The van der Waals surface area contributed by atoms with Crippen LogP contribution in [0.1, 0.15) is 24.9 Å². The van der Waals surface area contributed by atoms with Crippen LogP contribution in [0.3, 0.4) is 0 Å². The largest absolute Gasteiger partial charge is 0.380 e. The molecule has 1 N–H and O–H groups in total. The predicted molar refractivity (Wildman–Crippen MR) is 64.9 cm³/mol. The summed E-state index contributed by atoms with van der Waals surface area (Å²) in [5.41, 5.74) is 1.31. The zero-order valence-corrected chi connectivity index (χ0v) is 10.5. The van der Waals surface area contributed by atoms with Crippen LogP contribution in [-0.2, 0) is 4.74 Å². The van der Waals surface area contributed by atoms with Gasteiger partial charge in [-0.1, -0.05) is 34.1 Å². The first-order valence-electron chi connectivity index (χ1n) is 5.35. The molecule has 15 heavy (non-hydrogen) atoms. The molecule has 2 nitrogen and oxygen atoms in total. The van der Waals surface area contributed by atoms with Crippen molar-refractivity contribution in [3.63, 3.8) is 0 Å². The van der Waals surface area contributed by atoms with E-state index in [2.05, 4.69) is 46.4 Å². The standard InChI is InChI=1S/C12H16BrNO/c1-9(14-10-6-7-15-8-10)11-4-2-3-5-12(11)13/h2-5,9-10,14H,6-8H2,1H3/t9-,10?/m1/s1. The highest BCUT2D eigenvalue weighted by molar-refractivity contribution is 9.10. The molecule has 1 aromatic carbocycles. The molecule has 1 unspecified atom stereocenters. The molecule has 0 radical (unpaired) electrons. The second-order valence-electron chi connectivity index (χ2n) is 3.97.